The van der Waals surface area contributed by atoms with Crippen LogP contribution >= 0.6 is 0 Å². The van der Waals surface area contributed by atoms with E-state index < -0.39 is 0 Å². The third-order valence-corrected chi connectivity index (χ3v) is 6.10. The molecule has 172 valence electrons. The van der Waals surface area contributed by atoms with E-state index in [1.165, 1.54) is 22.3 Å². The Balaban J connectivity index is 1.43. The zero-order chi connectivity index (χ0) is 22.9. The smallest absolute Gasteiger partial charge is 0.164 e. The van der Waals surface area contributed by atoms with Crippen LogP contribution in [0.3, 0.4) is 0 Å². The van der Waals surface area contributed by atoms with Crippen molar-refractivity contribution in [2.45, 2.75) is 26.0 Å². The highest BCUT2D eigenvalue weighted by atomic mass is 16.5. The lowest BCUT2D eigenvalue weighted by Gasteiger charge is -2.27. The van der Waals surface area contributed by atoms with Crippen molar-refractivity contribution in [2.24, 2.45) is 0 Å². The van der Waals surface area contributed by atoms with Gasteiger partial charge in [0.15, 0.2) is 11.5 Å². The summed E-state index contributed by atoms with van der Waals surface area (Å²) in [5, 5.41) is 0. The molecule has 1 heterocycles. The number of rotatable bonds is 10. The first-order chi connectivity index (χ1) is 16.3. The lowest BCUT2D eigenvalue weighted by Crippen LogP contribution is -2.28. The number of hydrogen-bond acceptors (Lipinski definition) is 4. The molecule has 0 atom stereocenters. The molecular weight excluding hydrogens is 410 g/mol. The van der Waals surface area contributed by atoms with Crippen LogP contribution in [0.25, 0.3) is 5.57 Å². The molecule has 0 N–H and O–H groups in total. The predicted molar refractivity (Wildman–Crippen MR) is 134 cm³/mol. The first-order valence-electron chi connectivity index (χ1n) is 11.6. The van der Waals surface area contributed by atoms with Gasteiger partial charge in [0.05, 0.1) is 27.4 Å². The van der Waals surface area contributed by atoms with Gasteiger partial charge in [-0.25, -0.2) is 0 Å². The Morgan fingerprint density at radius 3 is 2.21 bits per heavy atom. The van der Waals surface area contributed by atoms with E-state index >= 15 is 0 Å². The van der Waals surface area contributed by atoms with Gasteiger partial charge in [-0.1, -0.05) is 66.7 Å². The fourth-order valence-electron chi connectivity index (χ4n) is 4.32. The molecule has 3 aromatic carbocycles. The maximum Gasteiger partial charge on any atom is 0.164 e. The van der Waals surface area contributed by atoms with Crippen molar-refractivity contribution >= 4 is 5.57 Å². The molecule has 3 aromatic rings. The SMILES string of the molecule is COc1cc(C2=CCN(Cc3ccccc3)CC2)cc(CCOCc2ccccc2)c1OC. The molecule has 0 spiro atoms. The minimum Gasteiger partial charge on any atom is -0.493 e. The standard InChI is InChI=1S/C29H33NO3/c1-31-28-20-27(25-13-16-30(17-14-25)21-23-9-5-3-6-10-23)19-26(29(28)32-2)15-18-33-22-24-11-7-4-8-12-24/h3-13,19-20H,14-18,21-22H2,1-2H3. The molecule has 1 aliphatic rings. The van der Waals surface area contributed by atoms with E-state index in [4.69, 9.17) is 14.2 Å². The first kappa shape index (κ1) is 23.1. The maximum atomic E-state index is 5.93. The van der Waals surface area contributed by atoms with Crippen molar-refractivity contribution in [3.63, 3.8) is 0 Å². The lowest BCUT2D eigenvalue weighted by atomic mass is 9.95. The van der Waals surface area contributed by atoms with Gasteiger partial charge in [0.1, 0.15) is 0 Å². The molecule has 0 saturated heterocycles. The molecular formula is C29H33NO3. The monoisotopic (exact) mass is 443 g/mol. The molecule has 0 saturated carbocycles. The zero-order valence-electron chi connectivity index (χ0n) is 19.6. The fourth-order valence-corrected chi connectivity index (χ4v) is 4.32. The van der Waals surface area contributed by atoms with Crippen LogP contribution < -0.4 is 9.47 Å². The van der Waals surface area contributed by atoms with E-state index in [0.29, 0.717) is 13.2 Å². The summed E-state index contributed by atoms with van der Waals surface area (Å²) in [4.78, 5) is 2.48. The number of hydrogen-bond donors (Lipinski definition) is 0. The van der Waals surface area contributed by atoms with Crippen LogP contribution in [0.4, 0.5) is 0 Å². The summed E-state index contributed by atoms with van der Waals surface area (Å²) in [6, 6.07) is 25.3. The van der Waals surface area contributed by atoms with Gasteiger partial charge in [-0.3, -0.25) is 4.90 Å². The molecule has 33 heavy (non-hydrogen) atoms. The fraction of sp³-hybridized carbons (Fsp3) is 0.310. The van der Waals surface area contributed by atoms with Gasteiger partial charge in [-0.05, 0) is 47.2 Å². The molecule has 0 amide bonds. The third kappa shape index (κ3) is 6.25. The highest BCUT2D eigenvalue weighted by Gasteiger charge is 2.18. The van der Waals surface area contributed by atoms with Gasteiger partial charge < -0.3 is 14.2 Å². The van der Waals surface area contributed by atoms with Gasteiger partial charge in [0.2, 0.25) is 0 Å². The lowest BCUT2D eigenvalue weighted by molar-refractivity contribution is 0.123. The van der Waals surface area contributed by atoms with Gasteiger partial charge in [0, 0.05) is 25.2 Å². The van der Waals surface area contributed by atoms with Crippen LogP contribution in [0.5, 0.6) is 11.5 Å². The van der Waals surface area contributed by atoms with E-state index in [0.717, 1.165) is 49.5 Å². The van der Waals surface area contributed by atoms with Crippen molar-refractivity contribution in [1.82, 2.24) is 4.90 Å². The average molecular weight is 444 g/mol. The van der Waals surface area contributed by atoms with Gasteiger partial charge in [0.25, 0.3) is 0 Å². The van der Waals surface area contributed by atoms with Gasteiger partial charge in [-0.15, -0.1) is 0 Å². The van der Waals surface area contributed by atoms with Crippen LogP contribution in [0.1, 0.15) is 28.7 Å². The van der Waals surface area contributed by atoms with Crippen molar-refractivity contribution in [3.05, 3.63) is 101 Å². The predicted octanol–water partition coefficient (Wildman–Crippen LogP) is 5.75. The molecule has 0 bridgehead atoms. The van der Waals surface area contributed by atoms with Crippen molar-refractivity contribution in [2.75, 3.05) is 33.9 Å². The molecule has 1 aliphatic heterocycles. The first-order valence-corrected chi connectivity index (χ1v) is 11.6. The second kappa shape index (κ2) is 11.7. The van der Waals surface area contributed by atoms with Crippen LogP contribution in [0.15, 0.2) is 78.9 Å². The largest absolute Gasteiger partial charge is 0.493 e. The Bertz CT molecular complexity index is 1050. The van der Waals surface area contributed by atoms with Gasteiger partial charge in [-0.2, -0.15) is 0 Å². The molecule has 0 aliphatic carbocycles. The summed E-state index contributed by atoms with van der Waals surface area (Å²) in [5.74, 6) is 1.58. The highest BCUT2D eigenvalue weighted by Crippen LogP contribution is 2.36. The van der Waals surface area contributed by atoms with Crippen LogP contribution in [-0.2, 0) is 24.3 Å². The number of benzene rings is 3. The minimum atomic E-state index is 0.613. The van der Waals surface area contributed by atoms with Crippen molar-refractivity contribution in [3.8, 4) is 11.5 Å². The summed E-state index contributed by atoms with van der Waals surface area (Å²) in [5.41, 5.74) is 6.24. The quantitative estimate of drug-likeness (QED) is 0.373. The molecule has 0 unspecified atom stereocenters. The Morgan fingerprint density at radius 1 is 0.848 bits per heavy atom. The average Bonchev–Trinajstić information content (AvgIpc) is 2.87. The van der Waals surface area contributed by atoms with Crippen LogP contribution in [-0.4, -0.2) is 38.8 Å². The summed E-state index contributed by atoms with van der Waals surface area (Å²) in [6.07, 6.45) is 4.14. The molecule has 4 nitrogen and oxygen atoms in total. The topological polar surface area (TPSA) is 30.9 Å². The second-order valence-electron chi connectivity index (χ2n) is 8.36. The molecule has 0 radical (unpaired) electrons. The highest BCUT2D eigenvalue weighted by molar-refractivity contribution is 5.70. The van der Waals surface area contributed by atoms with E-state index in [1.54, 1.807) is 14.2 Å². The number of ether oxygens (including phenoxy) is 3. The van der Waals surface area contributed by atoms with Crippen molar-refractivity contribution < 1.29 is 14.2 Å². The van der Waals surface area contributed by atoms with E-state index in [2.05, 4.69) is 65.6 Å². The molecule has 0 fully saturated rings. The maximum absolute atomic E-state index is 5.93. The summed E-state index contributed by atoms with van der Waals surface area (Å²) in [7, 11) is 3.40. The normalized spacial score (nSPS) is 14.1. The van der Waals surface area contributed by atoms with E-state index in [-0.39, 0.29) is 0 Å². The Morgan fingerprint density at radius 2 is 1.58 bits per heavy atom. The second-order valence-corrected chi connectivity index (χ2v) is 8.36. The van der Waals surface area contributed by atoms with Crippen LogP contribution in [0, 0.1) is 0 Å². The molecule has 4 heteroatoms. The van der Waals surface area contributed by atoms with Gasteiger partial charge >= 0.3 is 0 Å². The summed E-state index contributed by atoms with van der Waals surface area (Å²) in [6.45, 7) is 4.23. The van der Waals surface area contributed by atoms with Crippen LogP contribution in [0.2, 0.25) is 0 Å². The molecule has 4 rings (SSSR count). The zero-order valence-corrected chi connectivity index (χ0v) is 19.6. The Labute approximate surface area is 197 Å². The third-order valence-electron chi connectivity index (χ3n) is 6.10. The number of nitrogens with zero attached hydrogens (tertiary/aromatic N) is 1. The minimum absolute atomic E-state index is 0.613. The number of methoxy groups -OCH3 is 2. The summed E-state index contributed by atoms with van der Waals surface area (Å²) >= 11 is 0. The molecule has 0 aromatic heterocycles. The van der Waals surface area contributed by atoms with E-state index in [9.17, 15) is 0 Å². The summed E-state index contributed by atoms with van der Waals surface area (Å²) < 4.78 is 17.3. The van der Waals surface area contributed by atoms with Crippen molar-refractivity contribution in [1.29, 1.82) is 0 Å². The van der Waals surface area contributed by atoms with E-state index in [1.807, 2.05) is 18.2 Å². The Kier molecular flexibility index (Phi) is 8.18. The Hall–Kier alpha value is -3.08.